The molecule has 0 aliphatic carbocycles. The maximum absolute atomic E-state index is 12.4. The Kier molecular flexibility index (Phi) is 5.29. The number of nitrogens with zero attached hydrogens (tertiary/aromatic N) is 4. The third-order valence-corrected chi connectivity index (χ3v) is 3.74. The Balaban J connectivity index is 1.89. The van der Waals surface area contributed by atoms with E-state index in [-0.39, 0.29) is 11.8 Å². The van der Waals surface area contributed by atoms with E-state index in [0.29, 0.717) is 6.54 Å². The van der Waals surface area contributed by atoms with Crippen molar-refractivity contribution < 1.29 is 4.79 Å². The maximum Gasteiger partial charge on any atom is 0.227 e. The summed E-state index contributed by atoms with van der Waals surface area (Å²) in [7, 11) is 0. The van der Waals surface area contributed by atoms with E-state index in [9.17, 15) is 4.79 Å². The van der Waals surface area contributed by atoms with Crippen molar-refractivity contribution >= 4 is 11.7 Å². The molecule has 6 nitrogen and oxygen atoms in total. The van der Waals surface area contributed by atoms with Gasteiger partial charge >= 0.3 is 0 Å². The van der Waals surface area contributed by atoms with E-state index in [4.69, 9.17) is 5.73 Å². The molecule has 1 atom stereocenters. The minimum absolute atomic E-state index is 0.0249. The van der Waals surface area contributed by atoms with Gasteiger partial charge in [0.05, 0.1) is 12.1 Å². The predicted octanol–water partition coefficient (Wildman–Crippen LogP) is 0.500. The van der Waals surface area contributed by atoms with Crippen molar-refractivity contribution in [1.82, 2.24) is 14.9 Å². The predicted molar refractivity (Wildman–Crippen MR) is 78.3 cm³/mol. The van der Waals surface area contributed by atoms with Crippen LogP contribution in [-0.2, 0) is 4.79 Å². The van der Waals surface area contributed by atoms with E-state index < -0.39 is 0 Å². The molecule has 6 heteroatoms. The largest absolute Gasteiger partial charge is 0.352 e. The van der Waals surface area contributed by atoms with Crippen LogP contribution in [0.15, 0.2) is 18.6 Å². The first kappa shape index (κ1) is 14.7. The summed E-state index contributed by atoms with van der Waals surface area (Å²) in [6.07, 6.45) is 6.99. The van der Waals surface area contributed by atoms with Gasteiger partial charge in [-0.25, -0.2) is 4.98 Å². The Labute approximate surface area is 120 Å². The first-order chi connectivity index (χ1) is 9.76. The first-order valence-electron chi connectivity index (χ1n) is 7.26. The van der Waals surface area contributed by atoms with Crippen LogP contribution < -0.4 is 10.6 Å². The van der Waals surface area contributed by atoms with Crippen LogP contribution in [0.3, 0.4) is 0 Å². The summed E-state index contributed by atoms with van der Waals surface area (Å²) in [5.41, 5.74) is 5.71. The summed E-state index contributed by atoms with van der Waals surface area (Å²) in [5, 5.41) is 0. The second-order valence-electron chi connectivity index (χ2n) is 5.10. The van der Waals surface area contributed by atoms with Crippen molar-refractivity contribution in [1.29, 1.82) is 0 Å². The summed E-state index contributed by atoms with van der Waals surface area (Å²) in [6.45, 7) is 5.59. The number of rotatable bonds is 5. The number of nitrogens with two attached hydrogens (primary N) is 1. The lowest BCUT2D eigenvalue weighted by Gasteiger charge is -2.36. The highest BCUT2D eigenvalue weighted by molar-refractivity contribution is 5.79. The van der Waals surface area contributed by atoms with Crippen LogP contribution in [0, 0.1) is 5.92 Å². The number of hydrogen-bond donors (Lipinski definition) is 1. The van der Waals surface area contributed by atoms with Crippen molar-refractivity contribution in [2.24, 2.45) is 11.7 Å². The maximum atomic E-state index is 12.4. The van der Waals surface area contributed by atoms with E-state index >= 15 is 0 Å². The van der Waals surface area contributed by atoms with Gasteiger partial charge in [0, 0.05) is 45.1 Å². The van der Waals surface area contributed by atoms with Gasteiger partial charge in [0.2, 0.25) is 5.91 Å². The van der Waals surface area contributed by atoms with Crippen molar-refractivity contribution in [2.75, 3.05) is 37.6 Å². The minimum Gasteiger partial charge on any atom is -0.352 e. The van der Waals surface area contributed by atoms with Crippen LogP contribution in [-0.4, -0.2) is 53.5 Å². The molecule has 20 heavy (non-hydrogen) atoms. The molecule has 1 amide bonds. The van der Waals surface area contributed by atoms with Gasteiger partial charge in [0.15, 0.2) is 0 Å². The molecule has 1 saturated heterocycles. The topological polar surface area (TPSA) is 75.4 Å². The lowest BCUT2D eigenvalue weighted by Crippen LogP contribution is -2.51. The average Bonchev–Trinajstić information content (AvgIpc) is 2.53. The fourth-order valence-corrected chi connectivity index (χ4v) is 2.56. The van der Waals surface area contributed by atoms with Crippen LogP contribution in [0.5, 0.6) is 0 Å². The first-order valence-corrected chi connectivity index (χ1v) is 7.26. The number of piperazine rings is 1. The lowest BCUT2D eigenvalue weighted by molar-refractivity contribution is -0.135. The highest BCUT2D eigenvalue weighted by atomic mass is 16.2. The summed E-state index contributed by atoms with van der Waals surface area (Å²) in [4.78, 5) is 24.8. The normalized spacial score (nSPS) is 17.1. The SMILES string of the molecule is CCCC(CN)C(=O)N1CCN(c2cnccn2)CC1. The number of anilines is 1. The van der Waals surface area contributed by atoms with Gasteiger partial charge in [-0.05, 0) is 6.42 Å². The van der Waals surface area contributed by atoms with Gasteiger partial charge in [0.1, 0.15) is 5.82 Å². The van der Waals surface area contributed by atoms with Gasteiger partial charge in [-0.3, -0.25) is 9.78 Å². The molecule has 0 bridgehead atoms. The summed E-state index contributed by atoms with van der Waals surface area (Å²) in [6, 6.07) is 0. The second kappa shape index (κ2) is 7.19. The molecule has 2 heterocycles. The molecule has 2 N–H and O–H groups in total. The highest BCUT2D eigenvalue weighted by Gasteiger charge is 2.26. The van der Waals surface area contributed by atoms with Gasteiger partial charge in [-0.15, -0.1) is 0 Å². The molecular weight excluding hydrogens is 254 g/mol. The minimum atomic E-state index is -0.0249. The molecule has 2 rings (SSSR count). The van der Waals surface area contributed by atoms with Crippen molar-refractivity contribution in [2.45, 2.75) is 19.8 Å². The monoisotopic (exact) mass is 277 g/mol. The molecule has 1 aromatic rings. The van der Waals surface area contributed by atoms with Crippen LogP contribution in [0.4, 0.5) is 5.82 Å². The molecule has 1 aliphatic heterocycles. The Hall–Kier alpha value is -1.69. The van der Waals surface area contributed by atoms with E-state index in [0.717, 1.165) is 44.8 Å². The molecule has 1 aliphatic rings. The summed E-state index contributed by atoms with van der Waals surface area (Å²) >= 11 is 0. The highest BCUT2D eigenvalue weighted by Crippen LogP contribution is 2.15. The zero-order valence-corrected chi connectivity index (χ0v) is 12.0. The third kappa shape index (κ3) is 3.45. The molecule has 0 saturated carbocycles. The molecule has 1 aromatic heterocycles. The number of aromatic nitrogens is 2. The third-order valence-electron chi connectivity index (χ3n) is 3.74. The lowest BCUT2D eigenvalue weighted by atomic mass is 10.0. The number of carbonyl (C=O) groups is 1. The molecule has 0 spiro atoms. The van der Waals surface area contributed by atoms with Crippen LogP contribution in [0.25, 0.3) is 0 Å². The number of hydrogen-bond acceptors (Lipinski definition) is 5. The van der Waals surface area contributed by atoms with E-state index in [1.54, 1.807) is 18.6 Å². The Bertz CT molecular complexity index is 417. The average molecular weight is 277 g/mol. The molecule has 1 unspecified atom stereocenters. The standard InChI is InChI=1S/C14H23N5O/c1-2-3-12(10-15)14(20)19-8-6-18(7-9-19)13-11-16-4-5-17-13/h4-5,11-12H,2-3,6-10,15H2,1H3. The van der Waals surface area contributed by atoms with Crippen LogP contribution >= 0.6 is 0 Å². The van der Waals surface area contributed by atoms with Gasteiger partial charge in [-0.2, -0.15) is 0 Å². The molecular formula is C14H23N5O. The molecule has 0 aromatic carbocycles. The zero-order valence-electron chi connectivity index (χ0n) is 12.0. The zero-order chi connectivity index (χ0) is 14.4. The Morgan fingerprint density at radius 2 is 2.10 bits per heavy atom. The van der Waals surface area contributed by atoms with Gasteiger partial charge < -0.3 is 15.5 Å². The van der Waals surface area contributed by atoms with Crippen LogP contribution in [0.1, 0.15) is 19.8 Å². The van der Waals surface area contributed by atoms with Gasteiger partial charge in [-0.1, -0.05) is 13.3 Å². The van der Waals surface area contributed by atoms with E-state index in [1.807, 2.05) is 4.90 Å². The second-order valence-corrected chi connectivity index (χ2v) is 5.10. The van der Waals surface area contributed by atoms with Crippen LogP contribution in [0.2, 0.25) is 0 Å². The Morgan fingerprint density at radius 1 is 1.35 bits per heavy atom. The summed E-state index contributed by atoms with van der Waals surface area (Å²) in [5.74, 6) is 1.06. The van der Waals surface area contributed by atoms with Crippen molar-refractivity contribution in [3.05, 3.63) is 18.6 Å². The van der Waals surface area contributed by atoms with E-state index in [1.165, 1.54) is 0 Å². The molecule has 110 valence electrons. The van der Waals surface area contributed by atoms with E-state index in [2.05, 4.69) is 21.8 Å². The van der Waals surface area contributed by atoms with Gasteiger partial charge in [0.25, 0.3) is 0 Å². The quantitative estimate of drug-likeness (QED) is 0.848. The number of amides is 1. The Morgan fingerprint density at radius 3 is 2.65 bits per heavy atom. The molecule has 1 fully saturated rings. The van der Waals surface area contributed by atoms with Crippen molar-refractivity contribution in [3.63, 3.8) is 0 Å². The fraction of sp³-hybridized carbons (Fsp3) is 0.643. The molecule has 0 radical (unpaired) electrons. The number of carbonyl (C=O) groups excluding carboxylic acids is 1. The fourth-order valence-electron chi connectivity index (χ4n) is 2.56. The van der Waals surface area contributed by atoms with Crippen molar-refractivity contribution in [3.8, 4) is 0 Å². The summed E-state index contributed by atoms with van der Waals surface area (Å²) < 4.78 is 0. The smallest absolute Gasteiger partial charge is 0.227 e.